The molecule has 1 saturated heterocycles. The molecule has 6 rings (SSSR count). The van der Waals surface area contributed by atoms with Gasteiger partial charge in [-0.3, -0.25) is 19.3 Å². The van der Waals surface area contributed by atoms with Crippen molar-refractivity contribution in [2.24, 2.45) is 23.7 Å². The third kappa shape index (κ3) is 4.27. The van der Waals surface area contributed by atoms with Gasteiger partial charge in [0.2, 0.25) is 11.8 Å². The largest absolute Gasteiger partial charge is 0.452 e. The summed E-state index contributed by atoms with van der Waals surface area (Å²) in [4.78, 5) is 52.7. The lowest BCUT2D eigenvalue weighted by molar-refractivity contribution is -0.123. The molecule has 3 aromatic carbocycles. The number of fused-ring (bicyclic) bond motifs is 5. The van der Waals surface area contributed by atoms with Crippen molar-refractivity contribution in [1.82, 2.24) is 0 Å². The minimum Gasteiger partial charge on any atom is -0.452 e. The van der Waals surface area contributed by atoms with Crippen LogP contribution in [0.2, 0.25) is 5.02 Å². The second kappa shape index (κ2) is 9.72. The Hall–Kier alpha value is -3.97. The van der Waals surface area contributed by atoms with Crippen LogP contribution in [-0.2, 0) is 19.1 Å². The Kier molecular flexibility index (Phi) is 6.24. The third-order valence-corrected chi connectivity index (χ3v) is 8.28. The Morgan fingerprint density at radius 1 is 0.895 bits per heavy atom. The molecule has 3 aliphatic rings. The first-order valence-electron chi connectivity index (χ1n) is 12.7. The van der Waals surface area contributed by atoms with Gasteiger partial charge in [0.05, 0.1) is 23.1 Å². The summed E-state index contributed by atoms with van der Waals surface area (Å²) in [6.07, 6.45) is 1.84. The highest BCUT2D eigenvalue weighted by atomic mass is 35.5. The van der Waals surface area contributed by atoms with Crippen molar-refractivity contribution in [1.29, 1.82) is 0 Å². The first-order valence-corrected chi connectivity index (χ1v) is 13.0. The molecule has 2 bridgehead atoms. The standard InChI is InChI=1S/C30H25ClN2O5/c31-20-7-4-8-21(15-20)32-25(34)16-38-30(37)18-9-11-22(12-10-18)33-28(35)26-19-13-23(17-5-2-1-3-6-17)24(14-19)27(26)29(33)36/h1-12,15,19,23-24,26-27H,13-14,16H2,(H,32,34)/t19-,23-,24+,26+,27+/m0/s1. The van der Waals surface area contributed by atoms with Crippen LogP contribution in [0, 0.1) is 23.7 Å². The van der Waals surface area contributed by atoms with Crippen LogP contribution < -0.4 is 10.2 Å². The fourth-order valence-corrected chi connectivity index (χ4v) is 6.71. The number of ether oxygens (including phenoxy) is 1. The molecule has 2 saturated carbocycles. The van der Waals surface area contributed by atoms with Crippen LogP contribution in [0.15, 0.2) is 78.9 Å². The van der Waals surface area contributed by atoms with Crippen LogP contribution in [-0.4, -0.2) is 30.3 Å². The first-order chi connectivity index (χ1) is 18.4. The summed E-state index contributed by atoms with van der Waals surface area (Å²) in [5.74, 6) is -1.37. The number of anilines is 2. The van der Waals surface area contributed by atoms with Crippen LogP contribution in [0.1, 0.15) is 34.7 Å². The van der Waals surface area contributed by atoms with Gasteiger partial charge in [-0.25, -0.2) is 4.79 Å². The lowest BCUT2D eigenvalue weighted by Crippen LogP contribution is -2.33. The maximum atomic E-state index is 13.5. The molecular weight excluding hydrogens is 504 g/mol. The number of carbonyl (C=O) groups is 4. The maximum absolute atomic E-state index is 13.5. The monoisotopic (exact) mass is 528 g/mol. The van der Waals surface area contributed by atoms with Crippen LogP contribution in [0.4, 0.5) is 11.4 Å². The highest BCUT2D eigenvalue weighted by Crippen LogP contribution is 2.61. The predicted octanol–water partition coefficient (Wildman–Crippen LogP) is 5.06. The van der Waals surface area contributed by atoms with Crippen molar-refractivity contribution < 1.29 is 23.9 Å². The number of nitrogens with zero attached hydrogens (tertiary/aromatic N) is 1. The normalized spacial score (nSPS) is 25.4. The van der Waals surface area contributed by atoms with Gasteiger partial charge in [-0.2, -0.15) is 0 Å². The van der Waals surface area contributed by atoms with Crippen molar-refractivity contribution in [3.63, 3.8) is 0 Å². The minimum absolute atomic E-state index is 0.146. The van der Waals surface area contributed by atoms with Gasteiger partial charge in [0.1, 0.15) is 0 Å². The van der Waals surface area contributed by atoms with Gasteiger partial charge in [-0.1, -0.05) is 48.0 Å². The Labute approximate surface area is 224 Å². The van der Waals surface area contributed by atoms with Gasteiger partial charge in [0, 0.05) is 10.7 Å². The number of esters is 1. The molecule has 3 amide bonds. The van der Waals surface area contributed by atoms with Crippen molar-refractivity contribution in [3.8, 4) is 0 Å². The molecule has 8 heteroatoms. The van der Waals surface area contributed by atoms with E-state index in [1.165, 1.54) is 22.6 Å². The van der Waals surface area contributed by atoms with Crippen LogP contribution in [0.25, 0.3) is 0 Å². The number of benzene rings is 3. The van der Waals surface area contributed by atoms with Crippen LogP contribution >= 0.6 is 11.6 Å². The highest BCUT2D eigenvalue weighted by Gasteiger charge is 2.64. The predicted molar refractivity (Wildman–Crippen MR) is 142 cm³/mol. The summed E-state index contributed by atoms with van der Waals surface area (Å²) in [6.45, 7) is -0.467. The lowest BCUT2D eigenvalue weighted by Gasteiger charge is -2.28. The molecule has 38 heavy (non-hydrogen) atoms. The summed E-state index contributed by atoms with van der Waals surface area (Å²) >= 11 is 5.91. The number of imide groups is 1. The van der Waals surface area contributed by atoms with Crippen molar-refractivity contribution in [2.45, 2.75) is 18.8 Å². The lowest BCUT2D eigenvalue weighted by atomic mass is 9.73. The van der Waals surface area contributed by atoms with Crippen molar-refractivity contribution in [2.75, 3.05) is 16.8 Å². The molecule has 0 aromatic heterocycles. The van der Waals surface area contributed by atoms with E-state index in [1.807, 2.05) is 18.2 Å². The molecule has 1 aliphatic heterocycles. The zero-order chi connectivity index (χ0) is 26.4. The maximum Gasteiger partial charge on any atom is 0.338 e. The second-order valence-corrected chi connectivity index (χ2v) is 10.6. The topological polar surface area (TPSA) is 92.8 Å². The molecule has 5 atom stereocenters. The molecule has 192 valence electrons. The van der Waals surface area contributed by atoms with E-state index in [0.717, 1.165) is 12.8 Å². The molecule has 0 radical (unpaired) electrons. The SMILES string of the molecule is O=C(COC(=O)c1ccc(N2C(=O)[C@@H]3[C@@H]4C[C@@H]([C@H]3C2=O)[C@H](c2ccccc2)C4)cc1)Nc1cccc(Cl)c1. The van der Waals surface area contributed by atoms with E-state index >= 15 is 0 Å². The van der Waals surface area contributed by atoms with E-state index in [9.17, 15) is 19.2 Å². The Balaban J connectivity index is 1.10. The molecule has 1 N–H and O–H groups in total. The highest BCUT2D eigenvalue weighted by molar-refractivity contribution is 6.30. The summed E-state index contributed by atoms with van der Waals surface area (Å²) in [7, 11) is 0. The zero-order valence-electron chi connectivity index (χ0n) is 20.4. The second-order valence-electron chi connectivity index (χ2n) is 10.2. The number of carbonyl (C=O) groups excluding carboxylic acids is 4. The molecule has 3 fully saturated rings. The number of hydrogen-bond donors (Lipinski definition) is 1. The smallest absolute Gasteiger partial charge is 0.338 e. The van der Waals surface area contributed by atoms with Gasteiger partial charge < -0.3 is 10.1 Å². The summed E-state index contributed by atoms with van der Waals surface area (Å²) < 4.78 is 5.12. The molecule has 1 heterocycles. The quantitative estimate of drug-likeness (QED) is 0.356. The Bertz CT molecular complexity index is 1420. The van der Waals surface area contributed by atoms with Gasteiger partial charge in [-0.15, -0.1) is 0 Å². The summed E-state index contributed by atoms with van der Waals surface area (Å²) in [5.41, 5.74) is 2.39. The third-order valence-electron chi connectivity index (χ3n) is 8.05. The summed E-state index contributed by atoms with van der Waals surface area (Å²) in [5, 5.41) is 3.08. The number of amides is 3. The van der Waals surface area contributed by atoms with Gasteiger partial charge >= 0.3 is 5.97 Å². The van der Waals surface area contributed by atoms with Crippen LogP contribution in [0.3, 0.4) is 0 Å². The van der Waals surface area contributed by atoms with Gasteiger partial charge in [0.15, 0.2) is 6.61 Å². The van der Waals surface area contributed by atoms with Gasteiger partial charge in [-0.05, 0) is 78.6 Å². The first kappa shape index (κ1) is 24.4. The van der Waals surface area contributed by atoms with Crippen molar-refractivity contribution in [3.05, 3.63) is 95.0 Å². The van der Waals surface area contributed by atoms with Crippen LogP contribution in [0.5, 0.6) is 0 Å². The molecular formula is C30H25ClN2O5. The van der Waals surface area contributed by atoms with Gasteiger partial charge in [0.25, 0.3) is 5.91 Å². The number of hydrogen-bond acceptors (Lipinski definition) is 5. The van der Waals surface area contributed by atoms with E-state index in [2.05, 4.69) is 17.4 Å². The zero-order valence-corrected chi connectivity index (χ0v) is 21.1. The fourth-order valence-electron chi connectivity index (χ4n) is 6.52. The van der Waals surface area contributed by atoms with E-state index in [-0.39, 0.29) is 41.0 Å². The molecule has 0 spiro atoms. The Morgan fingerprint density at radius 3 is 2.37 bits per heavy atom. The van der Waals surface area contributed by atoms with E-state index < -0.39 is 18.5 Å². The van der Waals surface area contributed by atoms with E-state index in [4.69, 9.17) is 16.3 Å². The number of halogens is 1. The molecule has 3 aromatic rings. The molecule has 2 aliphatic carbocycles. The molecule has 0 unspecified atom stereocenters. The number of nitrogens with one attached hydrogen (secondary N) is 1. The minimum atomic E-state index is -0.683. The van der Waals surface area contributed by atoms with Crippen molar-refractivity contribution >= 4 is 46.7 Å². The Morgan fingerprint density at radius 2 is 1.63 bits per heavy atom. The van der Waals surface area contributed by atoms with E-state index in [0.29, 0.717) is 22.3 Å². The summed E-state index contributed by atoms with van der Waals surface area (Å²) in [6, 6.07) is 23.0. The van der Waals surface area contributed by atoms with E-state index in [1.54, 1.807) is 36.4 Å². The molecule has 7 nitrogen and oxygen atoms in total. The average Bonchev–Trinajstić information content (AvgIpc) is 3.59. The fraction of sp³-hybridized carbons (Fsp3) is 0.267. The number of rotatable bonds is 6. The average molecular weight is 529 g/mol.